The molecule has 1 aromatic heterocycles. The van der Waals surface area contributed by atoms with E-state index in [0.717, 1.165) is 10.4 Å². The van der Waals surface area contributed by atoms with Crippen LogP contribution in [0.4, 0.5) is 0 Å². The number of nitrogens with zero attached hydrogens (tertiary/aromatic N) is 1. The van der Waals surface area contributed by atoms with Crippen LogP contribution in [0.25, 0.3) is 0 Å². The van der Waals surface area contributed by atoms with Gasteiger partial charge in [0.2, 0.25) is 0 Å². The Morgan fingerprint density at radius 3 is 3.08 bits per heavy atom. The van der Waals surface area contributed by atoms with E-state index in [-0.39, 0.29) is 6.04 Å². The smallest absolute Gasteiger partial charge is 0.0413 e. The van der Waals surface area contributed by atoms with Crippen molar-refractivity contribution in [1.82, 2.24) is 4.98 Å². The number of hydrogen-bond donors (Lipinski definition) is 1. The van der Waals surface area contributed by atoms with Gasteiger partial charge in [-0.3, -0.25) is 4.98 Å². The number of nitrogens with two attached hydrogens (primary N) is 1. The second-order valence-corrected chi connectivity index (χ2v) is 4.51. The van der Waals surface area contributed by atoms with E-state index in [1.165, 1.54) is 17.5 Å². The number of halogens is 1. The lowest BCUT2D eigenvalue weighted by Crippen LogP contribution is -2.10. The number of hydrogen-bond acceptors (Lipinski definition) is 2. The molecule has 2 aliphatic carbocycles. The molecule has 0 bridgehead atoms. The number of fused-ring (bicyclic) bond motifs is 3. The molecule has 0 saturated heterocycles. The Morgan fingerprint density at radius 1 is 1.50 bits per heavy atom. The van der Waals surface area contributed by atoms with E-state index in [1.807, 2.05) is 12.4 Å². The van der Waals surface area contributed by atoms with Crippen molar-refractivity contribution in [3.63, 3.8) is 0 Å². The summed E-state index contributed by atoms with van der Waals surface area (Å²) in [6.45, 7) is 0. The second kappa shape index (κ2) is 2.09. The largest absolute Gasteiger partial charge is 0.324 e. The molecule has 0 aromatic carbocycles. The summed E-state index contributed by atoms with van der Waals surface area (Å²) in [4.78, 5) is 4.13. The summed E-state index contributed by atoms with van der Waals surface area (Å²) < 4.78 is 1.14. The minimum absolute atomic E-state index is 0.245. The van der Waals surface area contributed by atoms with E-state index in [2.05, 4.69) is 20.9 Å². The van der Waals surface area contributed by atoms with E-state index >= 15 is 0 Å². The quantitative estimate of drug-likeness (QED) is 0.732. The molecule has 0 spiro atoms. The highest BCUT2D eigenvalue weighted by Gasteiger charge is 2.51. The topological polar surface area (TPSA) is 38.9 Å². The Bertz CT molecular complexity index is 350. The van der Waals surface area contributed by atoms with Crippen LogP contribution in [0.2, 0.25) is 0 Å². The van der Waals surface area contributed by atoms with Gasteiger partial charge in [0.1, 0.15) is 0 Å². The van der Waals surface area contributed by atoms with Gasteiger partial charge >= 0.3 is 0 Å². The Balaban J connectivity index is 2.25. The Hall–Kier alpha value is -0.410. The molecule has 2 N–H and O–H groups in total. The van der Waals surface area contributed by atoms with Crippen molar-refractivity contribution < 1.29 is 0 Å². The molecule has 3 heteroatoms. The molecular weight excluding hydrogens is 216 g/mol. The highest BCUT2D eigenvalue weighted by molar-refractivity contribution is 9.10. The third-order valence-corrected chi connectivity index (χ3v) is 3.63. The number of rotatable bonds is 0. The third kappa shape index (κ3) is 0.709. The van der Waals surface area contributed by atoms with Crippen LogP contribution in [0, 0.1) is 5.92 Å². The molecule has 0 aliphatic heterocycles. The van der Waals surface area contributed by atoms with Gasteiger partial charge in [-0.05, 0) is 45.3 Å². The van der Waals surface area contributed by atoms with Crippen LogP contribution < -0.4 is 5.73 Å². The first-order chi connectivity index (χ1) is 5.79. The van der Waals surface area contributed by atoms with Crippen LogP contribution in [0.15, 0.2) is 16.9 Å². The summed E-state index contributed by atoms with van der Waals surface area (Å²) >= 11 is 3.52. The average Bonchev–Trinajstić information content (AvgIpc) is 2.77. The highest BCUT2D eigenvalue weighted by Crippen LogP contribution is 2.62. The van der Waals surface area contributed by atoms with Crippen molar-refractivity contribution in [2.24, 2.45) is 11.7 Å². The lowest BCUT2D eigenvalue weighted by molar-refractivity contribution is 0.652. The van der Waals surface area contributed by atoms with E-state index in [4.69, 9.17) is 5.73 Å². The van der Waals surface area contributed by atoms with Gasteiger partial charge in [0.15, 0.2) is 0 Å². The van der Waals surface area contributed by atoms with E-state index < -0.39 is 0 Å². The zero-order valence-corrected chi connectivity index (χ0v) is 8.08. The predicted molar refractivity (Wildman–Crippen MR) is 49.7 cm³/mol. The predicted octanol–water partition coefficient (Wildman–Crippen LogP) is 1.96. The summed E-state index contributed by atoms with van der Waals surface area (Å²) in [5.74, 6) is 1.44. The van der Waals surface area contributed by atoms with Crippen molar-refractivity contribution in [1.29, 1.82) is 0 Å². The van der Waals surface area contributed by atoms with Crippen LogP contribution >= 0.6 is 15.9 Å². The summed E-state index contributed by atoms with van der Waals surface area (Å²) in [7, 11) is 0. The molecule has 0 radical (unpaired) electrons. The molecule has 2 nitrogen and oxygen atoms in total. The van der Waals surface area contributed by atoms with Crippen LogP contribution in [0.3, 0.4) is 0 Å². The molecule has 0 amide bonds. The fourth-order valence-electron chi connectivity index (χ4n) is 2.29. The van der Waals surface area contributed by atoms with Crippen molar-refractivity contribution in [2.75, 3.05) is 0 Å². The second-order valence-electron chi connectivity index (χ2n) is 3.66. The molecule has 2 aliphatic rings. The lowest BCUT2D eigenvalue weighted by Gasteiger charge is -2.08. The number of aromatic nitrogens is 1. The van der Waals surface area contributed by atoms with Gasteiger partial charge in [0.05, 0.1) is 0 Å². The Labute approximate surface area is 79.3 Å². The minimum atomic E-state index is 0.245. The maximum Gasteiger partial charge on any atom is 0.0413 e. The zero-order valence-electron chi connectivity index (χ0n) is 6.50. The minimum Gasteiger partial charge on any atom is -0.324 e. The van der Waals surface area contributed by atoms with Gasteiger partial charge in [-0.15, -0.1) is 0 Å². The molecule has 3 rings (SSSR count). The molecule has 1 heterocycles. The molecule has 62 valence electrons. The van der Waals surface area contributed by atoms with Gasteiger partial charge in [-0.1, -0.05) is 0 Å². The molecule has 3 unspecified atom stereocenters. The summed E-state index contributed by atoms with van der Waals surface area (Å²) in [5.41, 5.74) is 8.71. The van der Waals surface area contributed by atoms with Gasteiger partial charge in [0.25, 0.3) is 0 Å². The molecular formula is C9H9BrN2. The van der Waals surface area contributed by atoms with E-state index in [1.54, 1.807) is 0 Å². The first kappa shape index (κ1) is 7.04. The van der Waals surface area contributed by atoms with Gasteiger partial charge < -0.3 is 5.73 Å². The normalized spacial score (nSPS) is 36.0. The Morgan fingerprint density at radius 2 is 2.33 bits per heavy atom. The maximum atomic E-state index is 6.04. The standard InChI is InChI=1S/C9H9BrN2/c10-7-3-12-2-6-8(7)4-1-5(4)9(6)11/h2-5,9H,1,11H2. The van der Waals surface area contributed by atoms with Crippen LogP contribution in [-0.4, -0.2) is 4.98 Å². The summed E-state index contributed by atoms with van der Waals surface area (Å²) in [5, 5.41) is 0. The SMILES string of the molecule is NC1c2cncc(Br)c2C2CC12. The van der Waals surface area contributed by atoms with Gasteiger partial charge in [-0.25, -0.2) is 0 Å². The first-order valence-corrected chi connectivity index (χ1v) is 4.97. The summed E-state index contributed by atoms with van der Waals surface area (Å²) in [6, 6.07) is 0.245. The molecule has 12 heavy (non-hydrogen) atoms. The molecule has 1 saturated carbocycles. The van der Waals surface area contributed by atoms with Crippen molar-refractivity contribution in [3.8, 4) is 0 Å². The fraction of sp³-hybridized carbons (Fsp3) is 0.444. The van der Waals surface area contributed by atoms with Crippen LogP contribution in [0.5, 0.6) is 0 Å². The zero-order chi connectivity index (χ0) is 8.29. The lowest BCUT2D eigenvalue weighted by atomic mass is 10.1. The third-order valence-electron chi connectivity index (χ3n) is 3.00. The maximum absolute atomic E-state index is 6.04. The van der Waals surface area contributed by atoms with Gasteiger partial charge in [-0.2, -0.15) is 0 Å². The van der Waals surface area contributed by atoms with Crippen LogP contribution in [0.1, 0.15) is 29.5 Å². The fourth-order valence-corrected chi connectivity index (χ4v) is 2.93. The Kier molecular flexibility index (Phi) is 1.23. The number of pyridine rings is 1. The van der Waals surface area contributed by atoms with Gasteiger partial charge in [0, 0.05) is 22.9 Å². The summed E-state index contributed by atoms with van der Waals surface area (Å²) in [6.07, 6.45) is 5.06. The average molecular weight is 225 g/mol. The van der Waals surface area contributed by atoms with Crippen molar-refractivity contribution in [2.45, 2.75) is 18.4 Å². The van der Waals surface area contributed by atoms with Crippen LogP contribution in [-0.2, 0) is 0 Å². The molecule has 1 fully saturated rings. The van der Waals surface area contributed by atoms with E-state index in [9.17, 15) is 0 Å². The van der Waals surface area contributed by atoms with E-state index in [0.29, 0.717) is 5.92 Å². The first-order valence-electron chi connectivity index (χ1n) is 4.18. The van der Waals surface area contributed by atoms with Crippen molar-refractivity contribution >= 4 is 15.9 Å². The highest BCUT2D eigenvalue weighted by atomic mass is 79.9. The molecule has 1 aromatic rings. The monoisotopic (exact) mass is 224 g/mol. The molecule has 3 atom stereocenters. The van der Waals surface area contributed by atoms with Crippen molar-refractivity contribution in [3.05, 3.63) is 28.0 Å².